The molecular formula is C18H20F2N4O4S2. The van der Waals surface area contributed by atoms with Gasteiger partial charge in [0, 0.05) is 38.3 Å². The van der Waals surface area contributed by atoms with Crippen LogP contribution in [0.15, 0.2) is 39.9 Å². The van der Waals surface area contributed by atoms with Crippen molar-refractivity contribution in [1.82, 2.24) is 14.5 Å². The number of benzene rings is 1. The number of thiophene rings is 1. The Hall–Kier alpha value is -2.41. The largest absolute Gasteiger partial charge is 0.353 e. The normalized spacial score (nSPS) is 17.7. The summed E-state index contributed by atoms with van der Waals surface area (Å²) in [6.07, 6.45) is 0. The summed E-state index contributed by atoms with van der Waals surface area (Å²) in [7, 11) is -3.83. The summed E-state index contributed by atoms with van der Waals surface area (Å²) >= 11 is 1.05. The van der Waals surface area contributed by atoms with Gasteiger partial charge in [0.2, 0.25) is 5.91 Å². The number of halogens is 2. The van der Waals surface area contributed by atoms with Crippen LogP contribution < -0.4 is 11.1 Å². The smallest absolute Gasteiger partial charge is 0.254 e. The molecule has 30 heavy (non-hydrogen) atoms. The zero-order valence-corrected chi connectivity index (χ0v) is 17.4. The highest BCUT2D eigenvalue weighted by Crippen LogP contribution is 2.25. The molecule has 2 amide bonds. The Morgan fingerprint density at radius 1 is 1.20 bits per heavy atom. The lowest BCUT2D eigenvalue weighted by Gasteiger charge is -2.39. The van der Waals surface area contributed by atoms with Gasteiger partial charge in [0.15, 0.2) is 11.6 Å². The van der Waals surface area contributed by atoms with Crippen molar-refractivity contribution in [3.63, 3.8) is 0 Å². The van der Waals surface area contributed by atoms with Gasteiger partial charge < -0.3 is 16.0 Å². The number of amides is 2. The third-order valence-electron chi connectivity index (χ3n) is 4.61. The molecule has 0 saturated carbocycles. The molecule has 1 atom stereocenters. The molecule has 1 aromatic carbocycles. The van der Waals surface area contributed by atoms with E-state index in [4.69, 9.17) is 5.73 Å². The van der Waals surface area contributed by atoms with Gasteiger partial charge in [0.1, 0.15) is 10.3 Å². The number of hydrogen-bond donors (Lipinski definition) is 2. The molecule has 1 aliphatic rings. The highest BCUT2D eigenvalue weighted by molar-refractivity contribution is 7.91. The van der Waals surface area contributed by atoms with Gasteiger partial charge in [0.25, 0.3) is 15.9 Å². The van der Waals surface area contributed by atoms with Crippen molar-refractivity contribution in [1.29, 1.82) is 0 Å². The molecule has 0 radical (unpaired) electrons. The molecule has 8 nitrogen and oxygen atoms in total. The van der Waals surface area contributed by atoms with E-state index in [-0.39, 0.29) is 42.5 Å². The first-order valence-corrected chi connectivity index (χ1v) is 11.3. The highest BCUT2D eigenvalue weighted by Gasteiger charge is 2.40. The van der Waals surface area contributed by atoms with Crippen LogP contribution in [-0.2, 0) is 14.8 Å². The number of nitrogens with one attached hydrogen (secondary N) is 1. The van der Waals surface area contributed by atoms with Crippen LogP contribution in [0, 0.1) is 11.6 Å². The molecule has 162 valence electrons. The number of nitrogens with two attached hydrogens (primary N) is 1. The Morgan fingerprint density at radius 2 is 1.97 bits per heavy atom. The Morgan fingerprint density at radius 3 is 2.60 bits per heavy atom. The molecule has 0 spiro atoms. The van der Waals surface area contributed by atoms with Crippen molar-refractivity contribution in [3.8, 4) is 0 Å². The molecule has 0 aliphatic carbocycles. The minimum absolute atomic E-state index is 0.0453. The molecular weight excluding hydrogens is 438 g/mol. The van der Waals surface area contributed by atoms with Crippen molar-refractivity contribution in [3.05, 3.63) is 52.9 Å². The van der Waals surface area contributed by atoms with E-state index in [1.807, 2.05) is 0 Å². The van der Waals surface area contributed by atoms with E-state index >= 15 is 0 Å². The fourth-order valence-electron chi connectivity index (χ4n) is 3.09. The second kappa shape index (κ2) is 9.16. The number of rotatable bonds is 6. The van der Waals surface area contributed by atoms with E-state index < -0.39 is 39.5 Å². The monoisotopic (exact) mass is 458 g/mol. The molecule has 2 heterocycles. The Balaban J connectivity index is 1.88. The number of sulfonamides is 1. The van der Waals surface area contributed by atoms with Crippen molar-refractivity contribution in [2.24, 2.45) is 5.73 Å². The number of hydrogen-bond acceptors (Lipinski definition) is 6. The maximum atomic E-state index is 13.6. The third kappa shape index (κ3) is 4.51. The average molecular weight is 459 g/mol. The maximum absolute atomic E-state index is 13.6. The van der Waals surface area contributed by atoms with Gasteiger partial charge >= 0.3 is 0 Å². The molecule has 3 N–H and O–H groups in total. The van der Waals surface area contributed by atoms with Gasteiger partial charge in [-0.1, -0.05) is 6.07 Å². The van der Waals surface area contributed by atoms with Gasteiger partial charge in [-0.25, -0.2) is 17.2 Å². The maximum Gasteiger partial charge on any atom is 0.254 e. The first-order valence-electron chi connectivity index (χ1n) is 9.03. The lowest BCUT2D eigenvalue weighted by Crippen LogP contribution is -2.61. The first-order chi connectivity index (χ1) is 14.3. The highest BCUT2D eigenvalue weighted by atomic mass is 32.2. The molecule has 1 fully saturated rings. The predicted octanol–water partition coefficient (Wildman–Crippen LogP) is 0.617. The summed E-state index contributed by atoms with van der Waals surface area (Å²) < 4.78 is 53.8. The minimum atomic E-state index is -3.83. The summed E-state index contributed by atoms with van der Waals surface area (Å²) in [6, 6.07) is 4.60. The van der Waals surface area contributed by atoms with Crippen LogP contribution in [0.25, 0.3) is 0 Å². The quantitative estimate of drug-likeness (QED) is 0.659. The van der Waals surface area contributed by atoms with Gasteiger partial charge in [0.05, 0.1) is 0 Å². The molecule has 1 aromatic heterocycles. The summed E-state index contributed by atoms with van der Waals surface area (Å²) in [5, 5.41) is 4.18. The summed E-state index contributed by atoms with van der Waals surface area (Å²) in [4.78, 5) is 26.7. The summed E-state index contributed by atoms with van der Waals surface area (Å²) in [6.45, 7) is -0.113. The van der Waals surface area contributed by atoms with Gasteiger partial charge in [-0.05, 0) is 29.6 Å². The third-order valence-corrected chi connectivity index (χ3v) is 7.84. The van der Waals surface area contributed by atoms with E-state index in [1.165, 1.54) is 11.0 Å². The molecule has 3 rings (SSSR count). The number of carbonyl (C=O) groups is 2. The topological polar surface area (TPSA) is 113 Å². The standard InChI is InChI=1S/C18H20F2N4O4S2/c19-13-4-3-12(10-14(13)20)18(26)24-8-7-23(11-15(24)17(25)22-6-5-21)30(27,28)16-2-1-9-29-16/h1-4,9-10,15H,5-8,11,21H2,(H,22,25). The Bertz CT molecular complexity index is 1030. The fraction of sp³-hybridized carbons (Fsp3) is 0.333. The van der Waals surface area contributed by atoms with Crippen LogP contribution in [0.3, 0.4) is 0 Å². The minimum Gasteiger partial charge on any atom is -0.353 e. The lowest BCUT2D eigenvalue weighted by molar-refractivity contribution is -0.126. The van der Waals surface area contributed by atoms with Crippen molar-refractivity contribution in [2.75, 3.05) is 32.7 Å². The van der Waals surface area contributed by atoms with Crippen LogP contribution in [0.5, 0.6) is 0 Å². The molecule has 1 saturated heterocycles. The van der Waals surface area contributed by atoms with Crippen LogP contribution >= 0.6 is 11.3 Å². The van der Waals surface area contributed by atoms with Crippen LogP contribution in [0.1, 0.15) is 10.4 Å². The zero-order valence-electron chi connectivity index (χ0n) is 15.8. The summed E-state index contributed by atoms with van der Waals surface area (Å²) in [5.41, 5.74) is 5.27. The second-order valence-corrected chi connectivity index (χ2v) is 9.63. The van der Waals surface area contributed by atoms with Crippen molar-refractivity contribution < 1.29 is 26.8 Å². The SMILES string of the molecule is NCCNC(=O)C1CN(S(=O)(=O)c2cccs2)CCN1C(=O)c1ccc(F)c(F)c1. The molecule has 1 unspecified atom stereocenters. The van der Waals surface area contributed by atoms with Crippen LogP contribution in [0.4, 0.5) is 8.78 Å². The molecule has 1 aliphatic heterocycles. The van der Waals surface area contributed by atoms with Crippen molar-refractivity contribution in [2.45, 2.75) is 10.3 Å². The average Bonchev–Trinajstić information content (AvgIpc) is 3.29. The van der Waals surface area contributed by atoms with Crippen molar-refractivity contribution >= 4 is 33.2 Å². The van der Waals surface area contributed by atoms with Gasteiger partial charge in [-0.15, -0.1) is 11.3 Å². The molecule has 0 bridgehead atoms. The molecule has 2 aromatic rings. The van der Waals surface area contributed by atoms with E-state index in [9.17, 15) is 26.8 Å². The summed E-state index contributed by atoms with van der Waals surface area (Å²) in [5.74, 6) is -3.57. The van der Waals surface area contributed by atoms with E-state index in [0.29, 0.717) is 0 Å². The van der Waals surface area contributed by atoms with Gasteiger partial charge in [-0.2, -0.15) is 4.31 Å². The first kappa shape index (κ1) is 22.3. The van der Waals surface area contributed by atoms with Crippen LogP contribution in [0.2, 0.25) is 0 Å². The number of carbonyl (C=O) groups excluding carboxylic acids is 2. The van der Waals surface area contributed by atoms with Crippen LogP contribution in [-0.4, -0.2) is 68.2 Å². The van der Waals surface area contributed by atoms with E-state index in [1.54, 1.807) is 11.4 Å². The predicted molar refractivity (Wildman–Crippen MR) is 106 cm³/mol. The Labute approximate surface area is 176 Å². The Kier molecular flexibility index (Phi) is 6.81. The number of nitrogens with zero attached hydrogens (tertiary/aromatic N) is 2. The molecule has 12 heteroatoms. The van der Waals surface area contributed by atoms with Gasteiger partial charge in [-0.3, -0.25) is 9.59 Å². The van der Waals surface area contributed by atoms with E-state index in [0.717, 1.165) is 33.8 Å². The second-order valence-electron chi connectivity index (χ2n) is 6.52. The number of piperazine rings is 1. The lowest BCUT2D eigenvalue weighted by atomic mass is 10.1. The fourth-order valence-corrected chi connectivity index (χ4v) is 5.67. The zero-order chi connectivity index (χ0) is 21.9. The van der Waals surface area contributed by atoms with E-state index in [2.05, 4.69) is 5.32 Å².